The van der Waals surface area contributed by atoms with Gasteiger partial charge in [-0.2, -0.15) is 0 Å². The molecule has 172 valence electrons. The lowest BCUT2D eigenvalue weighted by Gasteiger charge is -2.30. The third-order valence-electron chi connectivity index (χ3n) is 5.88. The number of halogens is 1. The Morgan fingerprint density at radius 2 is 1.82 bits per heavy atom. The summed E-state index contributed by atoms with van der Waals surface area (Å²) in [5.41, 5.74) is 2.10. The number of anilines is 1. The molecule has 4 rings (SSSR count). The number of hydrogen-bond acceptors (Lipinski definition) is 3. The molecule has 1 N–H and O–H groups in total. The van der Waals surface area contributed by atoms with E-state index in [1.54, 1.807) is 4.90 Å². The molecule has 1 fully saturated rings. The lowest BCUT2D eigenvalue weighted by atomic mass is 9.91. The summed E-state index contributed by atoms with van der Waals surface area (Å²) in [4.78, 5) is 45.2. The van der Waals surface area contributed by atoms with E-state index in [9.17, 15) is 18.8 Å². The van der Waals surface area contributed by atoms with Gasteiger partial charge in [0.2, 0.25) is 11.8 Å². The van der Waals surface area contributed by atoms with Crippen LogP contribution in [0, 0.1) is 11.2 Å². The van der Waals surface area contributed by atoms with Crippen LogP contribution >= 0.6 is 0 Å². The smallest absolute Gasteiger partial charge is 0.257 e. The summed E-state index contributed by atoms with van der Waals surface area (Å²) in [5.74, 6) is -1.45. The number of rotatable bonds is 6. The van der Waals surface area contributed by atoms with Crippen LogP contribution in [0.4, 0.5) is 10.1 Å². The average Bonchev–Trinajstić information content (AvgIpc) is 3.29. The highest BCUT2D eigenvalue weighted by molar-refractivity contribution is 6.23. The van der Waals surface area contributed by atoms with Crippen LogP contribution in [0.3, 0.4) is 0 Å². The molecular weight excluding hydrogens is 421 g/mol. The van der Waals surface area contributed by atoms with E-state index in [2.05, 4.69) is 4.98 Å². The van der Waals surface area contributed by atoms with Crippen molar-refractivity contribution in [1.29, 1.82) is 0 Å². The standard InChI is InChI=1S/C26H28FN3O3/c1-26(2,3)15-24(32)29(13-12-17-16-28-21-7-5-4-6-20(17)21)22-14-23(31)30(25(22)33)19-10-8-18(27)9-11-19/h4-11,16,22,28H,12-15H2,1-3H3. The van der Waals surface area contributed by atoms with Crippen molar-refractivity contribution in [2.45, 2.75) is 46.1 Å². The number of carbonyl (C=O) groups excluding carboxylic acids is 3. The molecule has 33 heavy (non-hydrogen) atoms. The fourth-order valence-corrected chi connectivity index (χ4v) is 4.31. The number of fused-ring (bicyclic) bond motifs is 1. The quantitative estimate of drug-likeness (QED) is 0.565. The van der Waals surface area contributed by atoms with Gasteiger partial charge >= 0.3 is 0 Å². The van der Waals surface area contributed by atoms with Crippen LogP contribution in [0.15, 0.2) is 54.7 Å². The normalized spacial score (nSPS) is 16.6. The van der Waals surface area contributed by atoms with Gasteiger partial charge in [-0.15, -0.1) is 0 Å². The number of nitrogens with one attached hydrogen (secondary N) is 1. The zero-order valence-electron chi connectivity index (χ0n) is 19.1. The minimum absolute atomic E-state index is 0.0834. The third-order valence-corrected chi connectivity index (χ3v) is 5.88. The summed E-state index contributed by atoms with van der Waals surface area (Å²) in [6.07, 6.45) is 2.65. The van der Waals surface area contributed by atoms with Crippen molar-refractivity contribution in [3.8, 4) is 0 Å². The van der Waals surface area contributed by atoms with Crippen molar-refractivity contribution in [1.82, 2.24) is 9.88 Å². The van der Waals surface area contributed by atoms with Crippen molar-refractivity contribution in [2.75, 3.05) is 11.4 Å². The second kappa shape index (κ2) is 8.81. The Balaban J connectivity index is 1.60. The number of imide groups is 1. The largest absolute Gasteiger partial charge is 0.361 e. The van der Waals surface area contributed by atoms with Gasteiger partial charge in [0.05, 0.1) is 12.1 Å². The van der Waals surface area contributed by atoms with E-state index < -0.39 is 23.7 Å². The molecule has 0 saturated carbocycles. The van der Waals surface area contributed by atoms with Gasteiger partial charge in [0.1, 0.15) is 11.9 Å². The highest BCUT2D eigenvalue weighted by atomic mass is 19.1. The second-order valence-corrected chi connectivity index (χ2v) is 9.70. The molecule has 6 nitrogen and oxygen atoms in total. The van der Waals surface area contributed by atoms with Gasteiger partial charge in [-0.25, -0.2) is 9.29 Å². The van der Waals surface area contributed by atoms with Crippen LogP contribution in [-0.2, 0) is 20.8 Å². The van der Waals surface area contributed by atoms with E-state index in [0.717, 1.165) is 21.4 Å². The fourth-order valence-electron chi connectivity index (χ4n) is 4.31. The lowest BCUT2D eigenvalue weighted by Crippen LogP contribution is -2.47. The molecule has 1 aliphatic heterocycles. The van der Waals surface area contributed by atoms with Gasteiger partial charge in [0.15, 0.2) is 0 Å². The van der Waals surface area contributed by atoms with Crippen LogP contribution in [0.5, 0.6) is 0 Å². The van der Waals surface area contributed by atoms with Crippen molar-refractivity contribution in [3.05, 3.63) is 66.1 Å². The van der Waals surface area contributed by atoms with Crippen molar-refractivity contribution < 1.29 is 18.8 Å². The molecule has 1 saturated heterocycles. The van der Waals surface area contributed by atoms with Crippen molar-refractivity contribution in [2.24, 2.45) is 5.41 Å². The van der Waals surface area contributed by atoms with Crippen LogP contribution < -0.4 is 4.90 Å². The summed E-state index contributed by atoms with van der Waals surface area (Å²) in [5, 5.41) is 1.07. The summed E-state index contributed by atoms with van der Waals surface area (Å²) >= 11 is 0. The Bertz CT molecular complexity index is 1190. The predicted octanol–water partition coefficient (Wildman–Crippen LogP) is 4.45. The number of nitrogens with zero attached hydrogens (tertiary/aromatic N) is 2. The summed E-state index contributed by atoms with van der Waals surface area (Å²) in [6.45, 7) is 6.22. The van der Waals surface area contributed by atoms with Crippen molar-refractivity contribution >= 4 is 34.3 Å². The first kappa shape index (κ1) is 22.7. The number of carbonyl (C=O) groups is 3. The third kappa shape index (κ3) is 4.82. The lowest BCUT2D eigenvalue weighted by molar-refractivity contribution is -0.139. The molecular formula is C26H28FN3O3. The number of H-pyrrole nitrogens is 1. The number of amides is 3. The maximum atomic E-state index is 13.3. The van der Waals surface area contributed by atoms with Crippen LogP contribution in [0.25, 0.3) is 10.9 Å². The molecule has 0 spiro atoms. The Hall–Kier alpha value is -3.48. The second-order valence-electron chi connectivity index (χ2n) is 9.70. The first-order valence-corrected chi connectivity index (χ1v) is 11.1. The van der Waals surface area contributed by atoms with Gasteiger partial charge in [-0.05, 0) is 47.7 Å². The maximum absolute atomic E-state index is 13.3. The fraction of sp³-hybridized carbons (Fsp3) is 0.346. The van der Waals surface area contributed by atoms with E-state index in [-0.39, 0.29) is 24.2 Å². The number of para-hydroxylation sites is 1. The number of hydrogen-bond donors (Lipinski definition) is 1. The van der Waals surface area contributed by atoms with Crippen LogP contribution in [-0.4, -0.2) is 40.2 Å². The monoisotopic (exact) mass is 449 g/mol. The van der Waals surface area contributed by atoms with E-state index in [1.165, 1.54) is 24.3 Å². The molecule has 3 amide bonds. The molecule has 0 bridgehead atoms. The van der Waals surface area contributed by atoms with Gasteiger partial charge < -0.3 is 9.88 Å². The van der Waals surface area contributed by atoms with Gasteiger partial charge in [-0.1, -0.05) is 39.0 Å². The highest BCUT2D eigenvalue weighted by Gasteiger charge is 2.44. The first-order valence-electron chi connectivity index (χ1n) is 11.1. The minimum Gasteiger partial charge on any atom is -0.361 e. The molecule has 0 aliphatic carbocycles. The van der Waals surface area contributed by atoms with Gasteiger partial charge in [0, 0.05) is 30.1 Å². The molecule has 2 heterocycles. The van der Waals surface area contributed by atoms with Crippen molar-refractivity contribution in [3.63, 3.8) is 0 Å². The minimum atomic E-state index is -0.873. The average molecular weight is 450 g/mol. The molecule has 0 radical (unpaired) electrons. The number of benzene rings is 2. The zero-order chi connectivity index (χ0) is 23.8. The molecule has 1 aliphatic rings. The summed E-state index contributed by atoms with van der Waals surface area (Å²) < 4.78 is 13.3. The molecule has 7 heteroatoms. The Morgan fingerprint density at radius 1 is 1.12 bits per heavy atom. The molecule has 3 aromatic rings. The number of aromatic amines is 1. The zero-order valence-corrected chi connectivity index (χ0v) is 19.1. The van der Waals surface area contributed by atoms with Crippen LogP contribution in [0.2, 0.25) is 0 Å². The summed E-state index contributed by atoms with van der Waals surface area (Å²) in [7, 11) is 0. The topological polar surface area (TPSA) is 73.5 Å². The van der Waals surface area contributed by atoms with Crippen LogP contribution in [0.1, 0.15) is 39.2 Å². The van der Waals surface area contributed by atoms with Gasteiger partial charge in [0.25, 0.3) is 5.91 Å². The molecule has 1 atom stereocenters. The Labute approximate surface area is 192 Å². The van der Waals surface area contributed by atoms with Gasteiger partial charge in [-0.3, -0.25) is 14.4 Å². The molecule has 1 unspecified atom stereocenters. The first-order chi connectivity index (χ1) is 15.6. The van der Waals surface area contributed by atoms with E-state index in [4.69, 9.17) is 0 Å². The Kier molecular flexibility index (Phi) is 6.06. The van der Waals surface area contributed by atoms with E-state index in [0.29, 0.717) is 18.7 Å². The highest BCUT2D eigenvalue weighted by Crippen LogP contribution is 2.29. The maximum Gasteiger partial charge on any atom is 0.257 e. The number of aromatic nitrogens is 1. The molecule has 1 aromatic heterocycles. The summed E-state index contributed by atoms with van der Waals surface area (Å²) in [6, 6.07) is 12.3. The Morgan fingerprint density at radius 3 is 2.52 bits per heavy atom. The van der Waals surface area contributed by atoms with E-state index >= 15 is 0 Å². The predicted molar refractivity (Wildman–Crippen MR) is 125 cm³/mol. The van der Waals surface area contributed by atoms with E-state index in [1.807, 2.05) is 51.2 Å². The SMILES string of the molecule is CC(C)(C)CC(=O)N(CCc1c[nH]c2ccccc12)C1CC(=O)N(c2ccc(F)cc2)C1=O. The molecule has 2 aromatic carbocycles.